The topological polar surface area (TPSA) is 156 Å². The van der Waals surface area contributed by atoms with Crippen LogP contribution in [-0.2, 0) is 29.6 Å². The van der Waals surface area contributed by atoms with E-state index in [9.17, 15) is 0 Å². The van der Waals surface area contributed by atoms with Gasteiger partial charge in [0.2, 0.25) is 0 Å². The Balaban J connectivity index is -0.000000107. The summed E-state index contributed by atoms with van der Waals surface area (Å²) in [7, 11) is -9.28. The van der Waals surface area contributed by atoms with Crippen LogP contribution in [0.5, 0.6) is 0 Å². The average molecular weight is 302 g/mol. The average Bonchev–Trinajstić information content (AvgIpc) is 1.12. The van der Waals surface area contributed by atoms with Crippen molar-refractivity contribution in [2.75, 3.05) is 0 Å². The predicted octanol–water partition coefficient (Wildman–Crippen LogP) is -1.86. The molecule has 0 fully saturated rings. The van der Waals surface area contributed by atoms with Crippen molar-refractivity contribution < 1.29 is 58.9 Å². The molecule has 8 nitrogen and oxygen atoms in total. The molecule has 6 N–H and O–H groups in total. The van der Waals surface area contributed by atoms with Crippen LogP contribution in [0.15, 0.2) is 0 Å². The standard InChI is InChI=1S/2H3O4P.Pd/c2*1-5(2,3)4;/h2*(H3,1,2,3,4);. The zero-order chi connectivity index (χ0) is 9.00. The van der Waals surface area contributed by atoms with Crippen molar-refractivity contribution in [2.24, 2.45) is 0 Å². The van der Waals surface area contributed by atoms with Crippen LogP contribution in [-0.4, -0.2) is 29.4 Å². The molecule has 0 bridgehead atoms. The van der Waals surface area contributed by atoms with E-state index in [2.05, 4.69) is 0 Å². The number of phosphoric acid groups is 2. The Morgan fingerprint density at radius 2 is 0.636 bits per heavy atom. The van der Waals surface area contributed by atoms with E-state index in [4.69, 9.17) is 38.5 Å². The maximum Gasteiger partial charge on any atom is 0.466 e. The molecule has 0 aliphatic heterocycles. The first-order valence-electron chi connectivity index (χ1n) is 1.57. The molecule has 11 heavy (non-hydrogen) atoms. The van der Waals surface area contributed by atoms with Gasteiger partial charge >= 0.3 is 15.6 Å². The van der Waals surface area contributed by atoms with Gasteiger partial charge in [0.1, 0.15) is 0 Å². The zero-order valence-corrected chi connectivity index (χ0v) is 8.05. The minimum Gasteiger partial charge on any atom is -0.303 e. The molecule has 0 aliphatic carbocycles. The van der Waals surface area contributed by atoms with Crippen LogP contribution in [0.3, 0.4) is 0 Å². The molecule has 0 unspecified atom stereocenters. The maximum absolute atomic E-state index is 8.88. The van der Waals surface area contributed by atoms with Crippen LogP contribution in [0.1, 0.15) is 0 Å². The summed E-state index contributed by atoms with van der Waals surface area (Å²) in [5.41, 5.74) is 0. The van der Waals surface area contributed by atoms with Crippen molar-refractivity contribution in [1.82, 2.24) is 0 Å². The smallest absolute Gasteiger partial charge is 0.303 e. The Morgan fingerprint density at radius 3 is 0.636 bits per heavy atom. The fourth-order valence-corrected chi connectivity index (χ4v) is 0. The first-order valence-corrected chi connectivity index (χ1v) is 4.70. The Kier molecular flexibility index (Phi) is 10.4. The van der Waals surface area contributed by atoms with Gasteiger partial charge in [-0.1, -0.05) is 0 Å². The van der Waals surface area contributed by atoms with E-state index in [1.165, 1.54) is 0 Å². The van der Waals surface area contributed by atoms with E-state index in [1.54, 1.807) is 0 Å². The molecule has 11 heteroatoms. The molecule has 0 rings (SSSR count). The van der Waals surface area contributed by atoms with Crippen molar-refractivity contribution in [3.8, 4) is 0 Å². The van der Waals surface area contributed by atoms with E-state index in [0.29, 0.717) is 0 Å². The van der Waals surface area contributed by atoms with Crippen molar-refractivity contribution >= 4 is 15.6 Å². The summed E-state index contributed by atoms with van der Waals surface area (Å²) in [5, 5.41) is 0. The summed E-state index contributed by atoms with van der Waals surface area (Å²) < 4.78 is 17.8. The van der Waals surface area contributed by atoms with Gasteiger partial charge in [0.15, 0.2) is 0 Å². The summed E-state index contributed by atoms with van der Waals surface area (Å²) in [6.45, 7) is 0. The molecule has 0 aliphatic rings. The molecular weight excluding hydrogens is 296 g/mol. The van der Waals surface area contributed by atoms with Crippen LogP contribution in [0, 0.1) is 0 Å². The van der Waals surface area contributed by atoms with Gasteiger partial charge in [0.25, 0.3) is 0 Å². The fourth-order valence-electron chi connectivity index (χ4n) is 0. The van der Waals surface area contributed by atoms with Gasteiger partial charge in [0.05, 0.1) is 0 Å². The van der Waals surface area contributed by atoms with Gasteiger partial charge < -0.3 is 29.4 Å². The largest absolute Gasteiger partial charge is 0.466 e. The van der Waals surface area contributed by atoms with Gasteiger partial charge in [-0.2, -0.15) is 0 Å². The van der Waals surface area contributed by atoms with Crippen LogP contribution in [0.25, 0.3) is 0 Å². The van der Waals surface area contributed by atoms with Crippen LogP contribution < -0.4 is 0 Å². The number of hydrogen-bond donors (Lipinski definition) is 6. The minimum atomic E-state index is -4.64. The van der Waals surface area contributed by atoms with Crippen LogP contribution in [0.4, 0.5) is 0 Å². The van der Waals surface area contributed by atoms with Crippen molar-refractivity contribution in [2.45, 2.75) is 0 Å². The molecule has 0 aromatic heterocycles. The maximum atomic E-state index is 8.88. The SMILES string of the molecule is O=P(O)(O)O.O=P(O)(O)O.[Pd]. The Morgan fingerprint density at radius 1 is 0.636 bits per heavy atom. The van der Waals surface area contributed by atoms with Gasteiger partial charge in [0, 0.05) is 20.4 Å². The zero-order valence-electron chi connectivity index (χ0n) is 4.71. The van der Waals surface area contributed by atoms with E-state index in [1.807, 2.05) is 0 Å². The molecule has 0 radical (unpaired) electrons. The van der Waals surface area contributed by atoms with Gasteiger partial charge in [-0.25, -0.2) is 9.13 Å². The van der Waals surface area contributed by atoms with E-state index in [-0.39, 0.29) is 20.4 Å². The third-order valence-corrected chi connectivity index (χ3v) is 0. The molecule has 0 spiro atoms. The molecule has 0 aromatic carbocycles. The second-order valence-electron chi connectivity index (χ2n) is 1.03. The Hall–Kier alpha value is 0.882. The van der Waals surface area contributed by atoms with Gasteiger partial charge in [-0.15, -0.1) is 0 Å². The predicted molar refractivity (Wildman–Crippen MR) is 28.5 cm³/mol. The second kappa shape index (κ2) is 6.40. The summed E-state index contributed by atoms with van der Waals surface area (Å²) in [6, 6.07) is 0. The molecule has 0 aromatic rings. The van der Waals surface area contributed by atoms with Crippen molar-refractivity contribution in [3.63, 3.8) is 0 Å². The third-order valence-electron chi connectivity index (χ3n) is 0. The van der Waals surface area contributed by atoms with E-state index >= 15 is 0 Å². The fraction of sp³-hybridized carbons (Fsp3) is 0. The molecule has 0 heterocycles. The molecular formula is H6O8P2Pd. The molecule has 74 valence electrons. The summed E-state index contributed by atoms with van der Waals surface area (Å²) in [4.78, 5) is 43.1. The van der Waals surface area contributed by atoms with Crippen molar-refractivity contribution in [1.29, 1.82) is 0 Å². The number of hydrogen-bond acceptors (Lipinski definition) is 2. The summed E-state index contributed by atoms with van der Waals surface area (Å²) in [5.74, 6) is 0. The summed E-state index contributed by atoms with van der Waals surface area (Å²) in [6.07, 6.45) is 0. The molecule has 0 atom stereocenters. The van der Waals surface area contributed by atoms with Crippen LogP contribution >= 0.6 is 15.6 Å². The molecule has 0 amide bonds. The molecule has 0 saturated heterocycles. The number of rotatable bonds is 0. The molecule has 0 saturated carbocycles. The monoisotopic (exact) mass is 302 g/mol. The van der Waals surface area contributed by atoms with Crippen LogP contribution in [0.2, 0.25) is 0 Å². The second-order valence-corrected chi connectivity index (χ2v) is 3.08. The summed E-state index contributed by atoms with van der Waals surface area (Å²) >= 11 is 0. The first kappa shape index (κ1) is 17.8. The normalized spacial score (nSPS) is 10.7. The van der Waals surface area contributed by atoms with Crippen molar-refractivity contribution in [3.05, 3.63) is 0 Å². The van der Waals surface area contributed by atoms with Gasteiger partial charge in [-0.3, -0.25) is 0 Å². The quantitative estimate of drug-likeness (QED) is 0.225. The first-order chi connectivity index (χ1) is 4.00. The van der Waals surface area contributed by atoms with E-state index < -0.39 is 15.6 Å². The van der Waals surface area contributed by atoms with E-state index in [0.717, 1.165) is 0 Å². The minimum absolute atomic E-state index is 0. The Bertz CT molecular complexity index is 124. The third kappa shape index (κ3) is 1100. The Labute approximate surface area is 75.0 Å². The van der Waals surface area contributed by atoms with Gasteiger partial charge in [-0.05, 0) is 0 Å².